The van der Waals surface area contributed by atoms with Gasteiger partial charge in [0.1, 0.15) is 0 Å². The Balaban J connectivity index is 2.01. The number of hydrogen-bond donors (Lipinski definition) is 1. The monoisotopic (exact) mass is 330 g/mol. The summed E-state index contributed by atoms with van der Waals surface area (Å²) in [6.07, 6.45) is 0.830. The third-order valence-corrected chi connectivity index (χ3v) is 5.08. The molecule has 4 nitrogen and oxygen atoms in total. The van der Waals surface area contributed by atoms with Crippen LogP contribution in [0.15, 0.2) is 9.85 Å². The Labute approximate surface area is 118 Å². The highest BCUT2D eigenvalue weighted by atomic mass is 79.9. The summed E-state index contributed by atoms with van der Waals surface area (Å²) >= 11 is 4.89. The van der Waals surface area contributed by atoms with E-state index in [0.717, 1.165) is 20.6 Å². The van der Waals surface area contributed by atoms with Crippen LogP contribution in [-0.2, 0) is 4.79 Å². The summed E-state index contributed by atoms with van der Waals surface area (Å²) in [6.45, 7) is 4.79. The standard InChI is InChI=1S/C12H15BrN2O2S/c1-7-5-10(18-11(7)13)12(17)15-4-3-9(6-15)14-8(2)16/h5,9H,3-4,6H2,1-2H3,(H,14,16). The Morgan fingerprint density at radius 3 is 2.83 bits per heavy atom. The van der Waals surface area contributed by atoms with E-state index in [1.807, 2.05) is 13.0 Å². The molecule has 1 unspecified atom stereocenters. The minimum absolute atomic E-state index is 0.0380. The lowest BCUT2D eigenvalue weighted by atomic mass is 10.2. The molecule has 1 aromatic rings. The molecule has 1 fully saturated rings. The normalized spacial score (nSPS) is 19.1. The van der Waals surface area contributed by atoms with Crippen molar-refractivity contribution < 1.29 is 9.59 Å². The number of carbonyl (C=O) groups is 2. The van der Waals surface area contributed by atoms with Gasteiger partial charge in [-0.3, -0.25) is 9.59 Å². The molecule has 0 spiro atoms. The van der Waals surface area contributed by atoms with E-state index in [4.69, 9.17) is 0 Å². The van der Waals surface area contributed by atoms with Crippen LogP contribution in [0.3, 0.4) is 0 Å². The summed E-state index contributed by atoms with van der Waals surface area (Å²) in [5, 5.41) is 2.86. The minimum atomic E-state index is -0.0380. The first-order chi connectivity index (χ1) is 8.47. The molecule has 98 valence electrons. The number of thiophene rings is 1. The van der Waals surface area contributed by atoms with E-state index in [1.165, 1.54) is 18.3 Å². The second-order valence-electron chi connectivity index (χ2n) is 4.50. The number of aryl methyl sites for hydroxylation is 1. The zero-order valence-corrected chi connectivity index (χ0v) is 12.7. The number of likely N-dealkylation sites (tertiary alicyclic amines) is 1. The van der Waals surface area contributed by atoms with Crippen molar-refractivity contribution >= 4 is 39.1 Å². The van der Waals surface area contributed by atoms with Crippen LogP contribution in [0.5, 0.6) is 0 Å². The van der Waals surface area contributed by atoms with Crippen molar-refractivity contribution in [1.29, 1.82) is 0 Å². The Morgan fingerprint density at radius 1 is 1.56 bits per heavy atom. The second kappa shape index (κ2) is 5.40. The van der Waals surface area contributed by atoms with Gasteiger partial charge in [0.2, 0.25) is 5.91 Å². The fourth-order valence-corrected chi connectivity index (χ4v) is 3.57. The van der Waals surface area contributed by atoms with Gasteiger partial charge >= 0.3 is 0 Å². The van der Waals surface area contributed by atoms with E-state index < -0.39 is 0 Å². The van der Waals surface area contributed by atoms with Crippen molar-refractivity contribution in [2.45, 2.75) is 26.3 Å². The summed E-state index contributed by atoms with van der Waals surface area (Å²) in [5.41, 5.74) is 1.08. The second-order valence-corrected chi connectivity index (χ2v) is 6.87. The molecule has 2 amide bonds. The number of nitrogens with zero attached hydrogens (tertiary/aromatic N) is 1. The van der Waals surface area contributed by atoms with Gasteiger partial charge in [-0.05, 0) is 40.9 Å². The molecule has 0 saturated carbocycles. The maximum absolute atomic E-state index is 12.2. The topological polar surface area (TPSA) is 49.4 Å². The number of hydrogen-bond acceptors (Lipinski definition) is 3. The number of amides is 2. The molecular weight excluding hydrogens is 316 g/mol. The SMILES string of the molecule is CC(=O)NC1CCN(C(=O)c2cc(C)c(Br)s2)C1. The molecule has 2 heterocycles. The molecule has 1 atom stereocenters. The summed E-state index contributed by atoms with van der Waals surface area (Å²) in [7, 11) is 0. The van der Waals surface area contributed by atoms with Crippen LogP contribution in [-0.4, -0.2) is 35.8 Å². The molecule has 0 aliphatic carbocycles. The van der Waals surface area contributed by atoms with Crippen molar-refractivity contribution in [2.24, 2.45) is 0 Å². The molecule has 0 aromatic carbocycles. The third kappa shape index (κ3) is 2.92. The Morgan fingerprint density at radius 2 is 2.28 bits per heavy atom. The van der Waals surface area contributed by atoms with Crippen LogP contribution >= 0.6 is 27.3 Å². The molecule has 1 aliphatic heterocycles. The number of nitrogens with one attached hydrogen (secondary N) is 1. The number of rotatable bonds is 2. The van der Waals surface area contributed by atoms with Gasteiger partial charge in [-0.2, -0.15) is 0 Å². The summed E-state index contributed by atoms with van der Waals surface area (Å²) in [6, 6.07) is 2.00. The third-order valence-electron chi connectivity index (χ3n) is 2.95. The van der Waals surface area contributed by atoms with Crippen LogP contribution in [0.25, 0.3) is 0 Å². The largest absolute Gasteiger partial charge is 0.352 e. The highest BCUT2D eigenvalue weighted by molar-refractivity contribution is 9.11. The lowest BCUT2D eigenvalue weighted by Gasteiger charge is -2.15. The highest BCUT2D eigenvalue weighted by Crippen LogP contribution is 2.28. The molecule has 0 bridgehead atoms. The number of carbonyl (C=O) groups excluding carboxylic acids is 2. The Kier molecular flexibility index (Phi) is 4.07. The molecule has 1 aromatic heterocycles. The zero-order valence-electron chi connectivity index (χ0n) is 10.3. The van der Waals surface area contributed by atoms with Crippen LogP contribution in [0.2, 0.25) is 0 Å². The van der Waals surface area contributed by atoms with Crippen LogP contribution in [0.1, 0.15) is 28.6 Å². The van der Waals surface area contributed by atoms with Gasteiger partial charge in [0.25, 0.3) is 5.91 Å². The van der Waals surface area contributed by atoms with E-state index in [-0.39, 0.29) is 17.9 Å². The summed E-state index contributed by atoms with van der Waals surface area (Å²) < 4.78 is 1.00. The number of halogens is 1. The average molecular weight is 331 g/mol. The predicted octanol–water partition coefficient (Wildman–Crippen LogP) is 2.17. The Hall–Kier alpha value is -0.880. The fourth-order valence-electron chi connectivity index (χ4n) is 2.07. The molecule has 0 radical (unpaired) electrons. The molecule has 2 rings (SSSR count). The van der Waals surface area contributed by atoms with Crippen molar-refractivity contribution in [2.75, 3.05) is 13.1 Å². The van der Waals surface area contributed by atoms with Gasteiger partial charge in [-0.1, -0.05) is 0 Å². The van der Waals surface area contributed by atoms with Crippen molar-refractivity contribution in [3.8, 4) is 0 Å². The first-order valence-electron chi connectivity index (χ1n) is 5.79. The first kappa shape index (κ1) is 13.5. The van der Waals surface area contributed by atoms with Crippen molar-refractivity contribution in [3.05, 3.63) is 20.3 Å². The molecule has 1 N–H and O–H groups in total. The first-order valence-corrected chi connectivity index (χ1v) is 7.40. The van der Waals surface area contributed by atoms with Gasteiger partial charge in [0.15, 0.2) is 0 Å². The molecule has 1 saturated heterocycles. The quantitative estimate of drug-likeness (QED) is 0.903. The lowest BCUT2D eigenvalue weighted by Crippen LogP contribution is -2.37. The summed E-state index contributed by atoms with van der Waals surface area (Å²) in [4.78, 5) is 25.8. The smallest absolute Gasteiger partial charge is 0.264 e. The fraction of sp³-hybridized carbons (Fsp3) is 0.500. The highest BCUT2D eigenvalue weighted by Gasteiger charge is 2.28. The van der Waals surface area contributed by atoms with E-state index >= 15 is 0 Å². The van der Waals surface area contributed by atoms with Gasteiger partial charge in [0, 0.05) is 26.1 Å². The van der Waals surface area contributed by atoms with Crippen LogP contribution < -0.4 is 5.32 Å². The Bertz CT molecular complexity index is 467. The van der Waals surface area contributed by atoms with Crippen LogP contribution in [0.4, 0.5) is 0 Å². The van der Waals surface area contributed by atoms with E-state index in [2.05, 4.69) is 21.2 Å². The van der Waals surface area contributed by atoms with E-state index in [0.29, 0.717) is 13.1 Å². The molecule has 18 heavy (non-hydrogen) atoms. The van der Waals surface area contributed by atoms with Gasteiger partial charge in [0.05, 0.1) is 8.66 Å². The van der Waals surface area contributed by atoms with Gasteiger partial charge in [-0.25, -0.2) is 0 Å². The average Bonchev–Trinajstić information content (AvgIpc) is 2.85. The van der Waals surface area contributed by atoms with Gasteiger partial charge < -0.3 is 10.2 Å². The minimum Gasteiger partial charge on any atom is -0.352 e. The molecule has 6 heteroatoms. The van der Waals surface area contributed by atoms with E-state index in [9.17, 15) is 9.59 Å². The zero-order chi connectivity index (χ0) is 13.3. The maximum atomic E-state index is 12.2. The maximum Gasteiger partial charge on any atom is 0.264 e. The van der Waals surface area contributed by atoms with E-state index in [1.54, 1.807) is 4.90 Å². The van der Waals surface area contributed by atoms with Crippen molar-refractivity contribution in [1.82, 2.24) is 10.2 Å². The van der Waals surface area contributed by atoms with Crippen molar-refractivity contribution in [3.63, 3.8) is 0 Å². The molecule has 1 aliphatic rings. The molecular formula is C12H15BrN2O2S. The lowest BCUT2D eigenvalue weighted by molar-refractivity contribution is -0.119. The van der Waals surface area contributed by atoms with Gasteiger partial charge in [-0.15, -0.1) is 11.3 Å². The predicted molar refractivity (Wildman–Crippen MR) is 74.9 cm³/mol. The van der Waals surface area contributed by atoms with Crippen LogP contribution in [0, 0.1) is 6.92 Å². The summed E-state index contributed by atoms with van der Waals surface area (Å²) in [5.74, 6) is 0.0191.